The number of rotatable bonds is 6. The summed E-state index contributed by atoms with van der Waals surface area (Å²) in [5, 5.41) is 2.64. The van der Waals surface area contributed by atoms with Crippen molar-refractivity contribution in [1.82, 2.24) is 5.32 Å². The van der Waals surface area contributed by atoms with Gasteiger partial charge in [0.05, 0.1) is 0 Å². The van der Waals surface area contributed by atoms with E-state index in [9.17, 15) is 14.0 Å². The van der Waals surface area contributed by atoms with Gasteiger partial charge in [0.2, 0.25) is 0 Å². The van der Waals surface area contributed by atoms with Gasteiger partial charge >= 0.3 is 5.97 Å². The van der Waals surface area contributed by atoms with Gasteiger partial charge in [-0.15, -0.1) is 0 Å². The lowest BCUT2D eigenvalue weighted by Gasteiger charge is -2.18. The Hall–Kier alpha value is -3.35. The van der Waals surface area contributed by atoms with Crippen molar-refractivity contribution >= 4 is 18.0 Å². The molecule has 1 aliphatic rings. The molecule has 0 aromatic heterocycles. The first-order valence-corrected chi connectivity index (χ1v) is 8.82. The quantitative estimate of drug-likeness (QED) is 0.611. The van der Waals surface area contributed by atoms with Crippen LogP contribution in [0.2, 0.25) is 0 Å². The summed E-state index contributed by atoms with van der Waals surface area (Å²) in [6.07, 6.45) is 1.86. The van der Waals surface area contributed by atoms with E-state index in [0.717, 1.165) is 11.1 Å². The van der Waals surface area contributed by atoms with Crippen LogP contribution >= 0.6 is 0 Å². The number of hydrogen-bond acceptors (Lipinski definition) is 5. The molecule has 7 heteroatoms. The van der Waals surface area contributed by atoms with Crippen LogP contribution in [0.25, 0.3) is 6.08 Å². The van der Waals surface area contributed by atoms with Gasteiger partial charge in [0.1, 0.15) is 19.0 Å². The molecule has 0 aliphatic carbocycles. The molecule has 0 saturated carbocycles. The number of ether oxygens (including phenoxy) is 3. The van der Waals surface area contributed by atoms with Gasteiger partial charge in [0, 0.05) is 12.6 Å². The SMILES string of the molecule is C[C@H](OC(=O)/C=C/c1ccc2c(c1)OCCO2)C(=O)NCc1ccc(F)cc1. The summed E-state index contributed by atoms with van der Waals surface area (Å²) in [6, 6.07) is 11.1. The van der Waals surface area contributed by atoms with Crippen molar-refractivity contribution in [2.45, 2.75) is 19.6 Å². The van der Waals surface area contributed by atoms with Crippen molar-refractivity contribution in [3.05, 3.63) is 65.5 Å². The number of carbonyl (C=O) groups is 2. The van der Waals surface area contributed by atoms with Gasteiger partial charge in [-0.05, 0) is 48.4 Å². The van der Waals surface area contributed by atoms with Crippen LogP contribution in [0.5, 0.6) is 11.5 Å². The van der Waals surface area contributed by atoms with Crippen LogP contribution in [0, 0.1) is 5.82 Å². The molecule has 28 heavy (non-hydrogen) atoms. The molecule has 1 aliphatic heterocycles. The van der Waals surface area contributed by atoms with Crippen molar-refractivity contribution in [3.63, 3.8) is 0 Å². The zero-order valence-corrected chi connectivity index (χ0v) is 15.3. The molecule has 1 atom stereocenters. The number of hydrogen-bond donors (Lipinski definition) is 1. The lowest BCUT2D eigenvalue weighted by Crippen LogP contribution is -2.35. The van der Waals surface area contributed by atoms with Gasteiger partial charge in [-0.2, -0.15) is 0 Å². The monoisotopic (exact) mass is 385 g/mol. The van der Waals surface area contributed by atoms with Crippen molar-refractivity contribution in [1.29, 1.82) is 0 Å². The number of amides is 1. The van der Waals surface area contributed by atoms with E-state index in [1.165, 1.54) is 25.1 Å². The van der Waals surface area contributed by atoms with Crippen molar-refractivity contribution in [2.24, 2.45) is 0 Å². The molecule has 2 aromatic carbocycles. The number of fused-ring (bicyclic) bond motifs is 1. The molecule has 0 bridgehead atoms. The highest BCUT2D eigenvalue weighted by molar-refractivity contribution is 5.90. The van der Waals surface area contributed by atoms with Crippen LogP contribution in [-0.4, -0.2) is 31.2 Å². The Kier molecular flexibility index (Phi) is 6.26. The van der Waals surface area contributed by atoms with Gasteiger partial charge in [0.15, 0.2) is 17.6 Å². The van der Waals surface area contributed by atoms with Crippen LogP contribution < -0.4 is 14.8 Å². The molecule has 1 N–H and O–H groups in total. The van der Waals surface area contributed by atoms with Crippen LogP contribution in [-0.2, 0) is 20.9 Å². The molecule has 3 rings (SSSR count). The highest BCUT2D eigenvalue weighted by Gasteiger charge is 2.16. The zero-order valence-electron chi connectivity index (χ0n) is 15.3. The minimum absolute atomic E-state index is 0.216. The fourth-order valence-electron chi connectivity index (χ4n) is 2.53. The first kappa shape index (κ1) is 19.4. The van der Waals surface area contributed by atoms with E-state index in [4.69, 9.17) is 14.2 Å². The normalized spacial score (nSPS) is 13.8. The van der Waals surface area contributed by atoms with Gasteiger partial charge < -0.3 is 19.5 Å². The summed E-state index contributed by atoms with van der Waals surface area (Å²) in [5.41, 5.74) is 1.49. The second-order valence-corrected chi connectivity index (χ2v) is 6.16. The van der Waals surface area contributed by atoms with Crippen LogP contribution in [0.1, 0.15) is 18.1 Å². The maximum Gasteiger partial charge on any atom is 0.331 e. The smallest absolute Gasteiger partial charge is 0.331 e. The van der Waals surface area contributed by atoms with Gasteiger partial charge in [-0.1, -0.05) is 18.2 Å². The fraction of sp³-hybridized carbons (Fsp3) is 0.238. The van der Waals surface area contributed by atoms with Gasteiger partial charge in [-0.25, -0.2) is 9.18 Å². The number of nitrogens with one attached hydrogen (secondary N) is 1. The molecular formula is C21H20FNO5. The molecule has 0 unspecified atom stereocenters. The maximum atomic E-state index is 12.9. The van der Waals surface area contributed by atoms with Gasteiger partial charge in [-0.3, -0.25) is 4.79 Å². The van der Waals surface area contributed by atoms with E-state index < -0.39 is 18.0 Å². The lowest BCUT2D eigenvalue weighted by atomic mass is 10.2. The first-order chi connectivity index (χ1) is 13.5. The summed E-state index contributed by atoms with van der Waals surface area (Å²) in [5.74, 6) is -0.139. The number of carbonyl (C=O) groups excluding carboxylic acids is 2. The molecular weight excluding hydrogens is 365 g/mol. The third-order valence-electron chi connectivity index (χ3n) is 4.02. The molecule has 0 saturated heterocycles. The highest BCUT2D eigenvalue weighted by atomic mass is 19.1. The second-order valence-electron chi connectivity index (χ2n) is 6.16. The van der Waals surface area contributed by atoms with Crippen LogP contribution in [0.15, 0.2) is 48.5 Å². The Balaban J connectivity index is 1.48. The van der Waals surface area contributed by atoms with E-state index in [-0.39, 0.29) is 12.4 Å². The molecule has 6 nitrogen and oxygen atoms in total. The number of esters is 1. The van der Waals surface area contributed by atoms with Crippen molar-refractivity contribution < 1.29 is 28.2 Å². The molecule has 2 aromatic rings. The van der Waals surface area contributed by atoms with Crippen molar-refractivity contribution in [3.8, 4) is 11.5 Å². The van der Waals surface area contributed by atoms with Crippen molar-refractivity contribution in [2.75, 3.05) is 13.2 Å². The van der Waals surface area contributed by atoms with E-state index in [2.05, 4.69) is 5.32 Å². The minimum Gasteiger partial charge on any atom is -0.486 e. The molecule has 146 valence electrons. The third kappa shape index (κ3) is 5.33. The average Bonchev–Trinajstić information content (AvgIpc) is 2.71. The van der Waals surface area contributed by atoms with E-state index in [1.807, 2.05) is 0 Å². The predicted molar refractivity (Wildman–Crippen MR) is 100 cm³/mol. The highest BCUT2D eigenvalue weighted by Crippen LogP contribution is 2.31. The Labute approximate surface area is 161 Å². The van der Waals surface area contributed by atoms with E-state index >= 15 is 0 Å². The van der Waals surface area contributed by atoms with E-state index in [1.54, 1.807) is 36.4 Å². The standard InChI is InChI=1S/C21H20FNO5/c1-14(21(25)23-13-16-2-6-17(22)7-3-16)28-20(24)9-5-15-4-8-18-19(12-15)27-11-10-26-18/h2-9,12,14H,10-11,13H2,1H3,(H,23,25)/b9-5+/t14-/m0/s1. The topological polar surface area (TPSA) is 73.9 Å². The molecule has 0 spiro atoms. The maximum absolute atomic E-state index is 12.9. The molecule has 1 heterocycles. The zero-order chi connectivity index (χ0) is 19.9. The van der Waals surface area contributed by atoms with Gasteiger partial charge in [0.25, 0.3) is 5.91 Å². The first-order valence-electron chi connectivity index (χ1n) is 8.82. The summed E-state index contributed by atoms with van der Waals surface area (Å²) < 4.78 is 28.9. The molecule has 0 radical (unpaired) electrons. The fourth-order valence-corrected chi connectivity index (χ4v) is 2.53. The summed E-state index contributed by atoms with van der Waals surface area (Å²) in [6.45, 7) is 2.69. The minimum atomic E-state index is -0.960. The Morgan fingerprint density at radius 1 is 1.14 bits per heavy atom. The summed E-state index contributed by atoms with van der Waals surface area (Å²) >= 11 is 0. The third-order valence-corrected chi connectivity index (χ3v) is 4.02. The molecule has 0 fully saturated rings. The Bertz CT molecular complexity index is 879. The Morgan fingerprint density at radius 3 is 2.61 bits per heavy atom. The second kappa shape index (κ2) is 9.03. The number of benzene rings is 2. The average molecular weight is 385 g/mol. The van der Waals surface area contributed by atoms with Crippen LogP contribution in [0.4, 0.5) is 4.39 Å². The van der Waals surface area contributed by atoms with E-state index in [0.29, 0.717) is 24.7 Å². The number of halogens is 1. The largest absolute Gasteiger partial charge is 0.486 e. The lowest BCUT2D eigenvalue weighted by molar-refractivity contribution is -0.150. The Morgan fingerprint density at radius 2 is 1.86 bits per heavy atom. The molecule has 1 amide bonds. The summed E-state index contributed by atoms with van der Waals surface area (Å²) in [4.78, 5) is 24.0. The predicted octanol–water partition coefficient (Wildman–Crippen LogP) is 2.86. The van der Waals surface area contributed by atoms with Crippen LogP contribution in [0.3, 0.4) is 0 Å². The summed E-state index contributed by atoms with van der Waals surface area (Å²) in [7, 11) is 0.